The first-order valence-electron chi connectivity index (χ1n) is 4.73. The van der Waals surface area contributed by atoms with E-state index in [1.807, 2.05) is 20.8 Å². The zero-order valence-electron chi connectivity index (χ0n) is 8.72. The van der Waals surface area contributed by atoms with Gasteiger partial charge in [-0.05, 0) is 33.1 Å². The van der Waals surface area contributed by atoms with Crippen LogP contribution in [0.1, 0.15) is 34.1 Å². The minimum atomic E-state index is 0.566. The summed E-state index contributed by atoms with van der Waals surface area (Å²) in [5.74, 6) is 0.566. The Labute approximate surface area is 76.3 Å². The first-order chi connectivity index (χ1) is 5.70. The van der Waals surface area contributed by atoms with Crippen LogP contribution in [0.3, 0.4) is 0 Å². The first-order valence-corrected chi connectivity index (χ1v) is 4.73. The van der Waals surface area contributed by atoms with Crippen molar-refractivity contribution in [3.8, 4) is 0 Å². The molecule has 12 heavy (non-hydrogen) atoms. The lowest BCUT2D eigenvalue weighted by Crippen LogP contribution is -2.10. The van der Waals surface area contributed by atoms with E-state index in [4.69, 9.17) is 9.47 Å². The van der Waals surface area contributed by atoms with Gasteiger partial charge in [-0.1, -0.05) is 6.92 Å². The van der Waals surface area contributed by atoms with E-state index in [0.717, 1.165) is 32.3 Å². The summed E-state index contributed by atoms with van der Waals surface area (Å²) in [7, 11) is 0. The molecular weight excluding hydrogens is 152 g/mol. The highest BCUT2D eigenvalue weighted by Crippen LogP contribution is 2.14. The fourth-order valence-electron chi connectivity index (χ4n) is 1.17. The van der Waals surface area contributed by atoms with Gasteiger partial charge in [0.1, 0.15) is 0 Å². The zero-order chi connectivity index (χ0) is 9.40. The van der Waals surface area contributed by atoms with Gasteiger partial charge in [-0.25, -0.2) is 0 Å². The van der Waals surface area contributed by atoms with Gasteiger partial charge in [-0.15, -0.1) is 0 Å². The molecule has 1 atom stereocenters. The summed E-state index contributed by atoms with van der Waals surface area (Å²) in [6, 6.07) is 0. The van der Waals surface area contributed by atoms with Crippen LogP contribution in [0.25, 0.3) is 0 Å². The van der Waals surface area contributed by atoms with Crippen LogP contribution in [0.4, 0.5) is 0 Å². The molecule has 2 heteroatoms. The molecule has 0 aromatic carbocycles. The smallest absolute Gasteiger partial charge is 0.0943 e. The molecular formula is C10H21O2. The lowest BCUT2D eigenvalue weighted by Gasteiger charge is -2.15. The Kier molecular flexibility index (Phi) is 7.51. The number of hydrogen-bond acceptors (Lipinski definition) is 2. The van der Waals surface area contributed by atoms with E-state index in [9.17, 15) is 0 Å². The highest BCUT2D eigenvalue weighted by Gasteiger charge is 2.08. The van der Waals surface area contributed by atoms with Crippen molar-refractivity contribution in [3.05, 3.63) is 6.10 Å². The predicted octanol–water partition coefficient (Wildman–Crippen LogP) is 2.64. The minimum absolute atomic E-state index is 0.566. The highest BCUT2D eigenvalue weighted by molar-refractivity contribution is 4.73. The molecule has 0 aliphatic carbocycles. The lowest BCUT2D eigenvalue weighted by molar-refractivity contribution is 0.0902. The van der Waals surface area contributed by atoms with Crippen LogP contribution in [0.15, 0.2) is 0 Å². The van der Waals surface area contributed by atoms with E-state index in [-0.39, 0.29) is 0 Å². The van der Waals surface area contributed by atoms with Crippen LogP contribution < -0.4 is 0 Å². The van der Waals surface area contributed by atoms with Crippen LogP contribution in [0.5, 0.6) is 0 Å². The Morgan fingerprint density at radius 3 is 2.42 bits per heavy atom. The summed E-state index contributed by atoms with van der Waals surface area (Å²) in [4.78, 5) is 0. The maximum Gasteiger partial charge on any atom is 0.0943 e. The molecule has 1 unspecified atom stereocenters. The van der Waals surface area contributed by atoms with Gasteiger partial charge in [0.2, 0.25) is 0 Å². The summed E-state index contributed by atoms with van der Waals surface area (Å²) >= 11 is 0. The van der Waals surface area contributed by atoms with Crippen LogP contribution in [-0.4, -0.2) is 19.8 Å². The quantitative estimate of drug-likeness (QED) is 0.589. The van der Waals surface area contributed by atoms with Gasteiger partial charge >= 0.3 is 0 Å². The molecule has 0 fully saturated rings. The van der Waals surface area contributed by atoms with Crippen molar-refractivity contribution in [2.24, 2.45) is 5.92 Å². The average Bonchev–Trinajstić information content (AvgIpc) is 2.01. The van der Waals surface area contributed by atoms with Gasteiger partial charge in [0.15, 0.2) is 0 Å². The second kappa shape index (κ2) is 7.56. The maximum absolute atomic E-state index is 5.35. The van der Waals surface area contributed by atoms with Gasteiger partial charge in [-0.3, -0.25) is 0 Å². The molecule has 0 rings (SSSR count). The molecule has 2 nitrogen and oxygen atoms in total. The van der Waals surface area contributed by atoms with E-state index >= 15 is 0 Å². The number of rotatable bonds is 7. The molecule has 0 heterocycles. The molecule has 0 spiro atoms. The summed E-state index contributed by atoms with van der Waals surface area (Å²) in [6.07, 6.45) is 2.12. The normalized spacial score (nSPS) is 13.8. The number of ether oxygens (including phenoxy) is 2. The molecule has 0 N–H and O–H groups in total. The van der Waals surface area contributed by atoms with E-state index in [1.165, 1.54) is 0 Å². The van der Waals surface area contributed by atoms with E-state index < -0.39 is 0 Å². The fraction of sp³-hybridized carbons (Fsp3) is 0.900. The Hall–Kier alpha value is -0.0800. The molecule has 0 saturated carbocycles. The number of hydrogen-bond donors (Lipinski definition) is 0. The third-order valence-electron chi connectivity index (χ3n) is 1.63. The van der Waals surface area contributed by atoms with Gasteiger partial charge in [0.25, 0.3) is 0 Å². The van der Waals surface area contributed by atoms with Gasteiger partial charge in [0.05, 0.1) is 6.10 Å². The average molecular weight is 173 g/mol. The Morgan fingerprint density at radius 2 is 1.92 bits per heavy atom. The van der Waals surface area contributed by atoms with Gasteiger partial charge < -0.3 is 9.47 Å². The Balaban J connectivity index is 3.33. The molecule has 1 radical (unpaired) electrons. The van der Waals surface area contributed by atoms with Crippen molar-refractivity contribution in [2.75, 3.05) is 19.8 Å². The molecule has 0 aliphatic heterocycles. The van der Waals surface area contributed by atoms with Crippen LogP contribution in [-0.2, 0) is 9.47 Å². The summed E-state index contributed by atoms with van der Waals surface area (Å²) in [5.41, 5.74) is 0. The van der Waals surface area contributed by atoms with E-state index in [1.54, 1.807) is 0 Å². The molecule has 0 bridgehead atoms. The van der Waals surface area contributed by atoms with Crippen molar-refractivity contribution >= 4 is 0 Å². The van der Waals surface area contributed by atoms with E-state index in [0.29, 0.717) is 5.92 Å². The summed E-state index contributed by atoms with van der Waals surface area (Å²) < 4.78 is 10.7. The van der Waals surface area contributed by atoms with Gasteiger partial charge in [0, 0.05) is 19.8 Å². The predicted molar refractivity (Wildman–Crippen MR) is 50.8 cm³/mol. The molecule has 0 aromatic rings. The molecule has 0 aromatic heterocycles. The van der Waals surface area contributed by atoms with Crippen molar-refractivity contribution in [2.45, 2.75) is 34.1 Å². The third kappa shape index (κ3) is 6.62. The second-order valence-electron chi connectivity index (χ2n) is 3.10. The van der Waals surface area contributed by atoms with Crippen molar-refractivity contribution in [1.82, 2.24) is 0 Å². The van der Waals surface area contributed by atoms with E-state index in [2.05, 4.69) is 6.92 Å². The first kappa shape index (κ1) is 11.9. The fourth-order valence-corrected chi connectivity index (χ4v) is 1.17. The van der Waals surface area contributed by atoms with Gasteiger partial charge in [-0.2, -0.15) is 0 Å². The molecule has 0 amide bonds. The maximum atomic E-state index is 5.35. The highest BCUT2D eigenvalue weighted by atomic mass is 16.5. The largest absolute Gasteiger partial charge is 0.381 e. The molecule has 0 saturated heterocycles. The van der Waals surface area contributed by atoms with Crippen molar-refractivity contribution < 1.29 is 9.47 Å². The van der Waals surface area contributed by atoms with Crippen LogP contribution in [0.2, 0.25) is 0 Å². The summed E-state index contributed by atoms with van der Waals surface area (Å²) in [6.45, 7) is 10.7. The van der Waals surface area contributed by atoms with Crippen LogP contribution in [0, 0.1) is 12.0 Å². The van der Waals surface area contributed by atoms with Crippen molar-refractivity contribution in [1.29, 1.82) is 0 Å². The van der Waals surface area contributed by atoms with Crippen molar-refractivity contribution in [3.63, 3.8) is 0 Å². The Bertz CT molecular complexity index is 93.8. The second-order valence-corrected chi connectivity index (χ2v) is 3.10. The zero-order valence-corrected chi connectivity index (χ0v) is 8.72. The monoisotopic (exact) mass is 173 g/mol. The SMILES string of the molecule is CCOCC(C)C[C](C)OCC. The van der Waals surface area contributed by atoms with Crippen LogP contribution >= 0.6 is 0 Å². The minimum Gasteiger partial charge on any atom is -0.381 e. The standard InChI is InChI=1S/C10H21O2/c1-5-11-8-9(3)7-10(4)12-6-2/h9H,5-8H2,1-4H3. The summed E-state index contributed by atoms with van der Waals surface area (Å²) in [5, 5.41) is 0. The molecule has 0 aliphatic rings. The Morgan fingerprint density at radius 1 is 1.25 bits per heavy atom. The topological polar surface area (TPSA) is 18.5 Å². The lowest BCUT2D eigenvalue weighted by atomic mass is 10.1. The third-order valence-corrected chi connectivity index (χ3v) is 1.63. The molecule has 73 valence electrons.